The Morgan fingerprint density at radius 3 is 2.48 bits per heavy atom. The van der Waals surface area contributed by atoms with Crippen LogP contribution in [0.2, 0.25) is 0 Å². The van der Waals surface area contributed by atoms with E-state index in [-0.39, 0.29) is 0 Å². The maximum Gasteiger partial charge on any atom is 0.176 e. The predicted octanol–water partition coefficient (Wildman–Crippen LogP) is 5.08. The predicted molar refractivity (Wildman–Crippen MR) is 91.3 cm³/mol. The first-order valence-corrected chi connectivity index (χ1v) is 8.37. The summed E-state index contributed by atoms with van der Waals surface area (Å²) in [6, 6.07) is 16.1. The molecule has 2 N–H and O–H groups in total. The van der Waals surface area contributed by atoms with Gasteiger partial charge in [0.1, 0.15) is 0 Å². The number of nitrogen functional groups attached to an aromatic ring is 1. The van der Waals surface area contributed by atoms with E-state index >= 15 is 0 Å². The maximum absolute atomic E-state index is 6.01. The lowest BCUT2D eigenvalue weighted by Gasteiger charge is -2.05. The van der Waals surface area contributed by atoms with Gasteiger partial charge in [-0.25, -0.2) is 0 Å². The third-order valence-corrected chi connectivity index (χ3v) is 4.65. The number of anilines is 1. The van der Waals surface area contributed by atoms with Crippen LogP contribution in [0.3, 0.4) is 0 Å². The minimum Gasteiger partial charge on any atom is -0.380 e. The molecule has 106 valence electrons. The normalized spacial score (nSPS) is 10.8. The van der Waals surface area contributed by atoms with Gasteiger partial charge in [0.05, 0.1) is 5.56 Å². The fourth-order valence-electron chi connectivity index (χ4n) is 2.17. The molecule has 0 aliphatic heterocycles. The van der Waals surface area contributed by atoms with Crippen molar-refractivity contribution in [2.75, 3.05) is 12.0 Å². The fraction of sp³-hybridized carbons (Fsp3) is 0.0625. The van der Waals surface area contributed by atoms with Gasteiger partial charge in [-0.1, -0.05) is 39.3 Å². The smallest absolute Gasteiger partial charge is 0.176 e. The van der Waals surface area contributed by atoms with Gasteiger partial charge in [-0.3, -0.25) is 0 Å². The van der Waals surface area contributed by atoms with Crippen LogP contribution in [-0.2, 0) is 0 Å². The Balaban J connectivity index is 2.15. The number of nitrogens with two attached hydrogens (primary N) is 1. The maximum atomic E-state index is 6.01. The molecule has 0 bridgehead atoms. The van der Waals surface area contributed by atoms with Gasteiger partial charge >= 0.3 is 0 Å². The van der Waals surface area contributed by atoms with Crippen LogP contribution in [0.15, 0.2) is 62.4 Å². The van der Waals surface area contributed by atoms with Gasteiger partial charge in [-0.15, -0.1) is 11.8 Å². The Bertz CT molecular complexity index is 768. The molecule has 3 aromatic rings. The molecule has 5 heteroatoms. The lowest BCUT2D eigenvalue weighted by atomic mass is 10.0. The van der Waals surface area contributed by atoms with E-state index in [9.17, 15) is 0 Å². The Morgan fingerprint density at radius 2 is 1.81 bits per heavy atom. The SMILES string of the molecule is CSc1ccc(-c2onc(N)c2-c2ccccc2Br)cc1. The van der Waals surface area contributed by atoms with E-state index in [4.69, 9.17) is 10.3 Å². The summed E-state index contributed by atoms with van der Waals surface area (Å²) in [7, 11) is 0. The number of rotatable bonds is 3. The lowest BCUT2D eigenvalue weighted by Crippen LogP contribution is -1.89. The van der Waals surface area contributed by atoms with Crippen molar-refractivity contribution >= 4 is 33.5 Å². The number of hydrogen-bond donors (Lipinski definition) is 1. The summed E-state index contributed by atoms with van der Waals surface area (Å²) in [5.74, 6) is 1.08. The van der Waals surface area contributed by atoms with Crippen LogP contribution >= 0.6 is 27.7 Å². The summed E-state index contributed by atoms with van der Waals surface area (Å²) in [5, 5.41) is 3.93. The highest BCUT2D eigenvalue weighted by Crippen LogP contribution is 2.40. The van der Waals surface area contributed by atoms with E-state index in [1.165, 1.54) is 4.90 Å². The van der Waals surface area contributed by atoms with Crippen LogP contribution in [0.25, 0.3) is 22.5 Å². The van der Waals surface area contributed by atoms with Gasteiger partial charge in [0, 0.05) is 20.5 Å². The van der Waals surface area contributed by atoms with E-state index in [2.05, 4.69) is 33.2 Å². The van der Waals surface area contributed by atoms with Crippen molar-refractivity contribution in [1.82, 2.24) is 5.16 Å². The molecule has 1 aromatic heterocycles. The Hall–Kier alpha value is -1.72. The number of aromatic nitrogens is 1. The highest BCUT2D eigenvalue weighted by molar-refractivity contribution is 9.10. The highest BCUT2D eigenvalue weighted by Gasteiger charge is 2.19. The second-order valence-electron chi connectivity index (χ2n) is 4.48. The van der Waals surface area contributed by atoms with E-state index in [1.54, 1.807) is 11.8 Å². The molecule has 0 spiro atoms. The zero-order chi connectivity index (χ0) is 14.8. The molecule has 0 amide bonds. The van der Waals surface area contributed by atoms with Crippen LogP contribution in [0, 0.1) is 0 Å². The third-order valence-electron chi connectivity index (χ3n) is 3.21. The minimum atomic E-state index is 0.394. The molecule has 0 radical (unpaired) electrons. The number of benzene rings is 2. The molecule has 0 fully saturated rings. The Kier molecular flexibility index (Phi) is 4.03. The highest BCUT2D eigenvalue weighted by atomic mass is 79.9. The second kappa shape index (κ2) is 5.95. The third kappa shape index (κ3) is 2.71. The molecule has 3 rings (SSSR count). The van der Waals surface area contributed by atoms with E-state index < -0.39 is 0 Å². The zero-order valence-corrected chi connectivity index (χ0v) is 13.7. The summed E-state index contributed by atoms with van der Waals surface area (Å²) in [6.45, 7) is 0. The fourth-order valence-corrected chi connectivity index (χ4v) is 3.06. The molecular formula is C16H13BrN2OS. The van der Waals surface area contributed by atoms with Crippen molar-refractivity contribution in [1.29, 1.82) is 0 Å². The van der Waals surface area contributed by atoms with Gasteiger partial charge in [-0.2, -0.15) is 0 Å². The van der Waals surface area contributed by atoms with E-state index in [1.807, 2.05) is 42.7 Å². The average Bonchev–Trinajstić information content (AvgIpc) is 2.89. The van der Waals surface area contributed by atoms with Gasteiger partial charge in [-0.05, 0) is 36.6 Å². The molecule has 0 unspecified atom stereocenters. The van der Waals surface area contributed by atoms with Crippen LogP contribution in [0.1, 0.15) is 0 Å². The van der Waals surface area contributed by atoms with Crippen molar-refractivity contribution in [3.05, 3.63) is 53.0 Å². The van der Waals surface area contributed by atoms with Gasteiger partial charge in [0.15, 0.2) is 11.6 Å². The summed E-state index contributed by atoms with van der Waals surface area (Å²) in [5.41, 5.74) is 8.76. The van der Waals surface area contributed by atoms with Crippen LogP contribution < -0.4 is 5.73 Å². The molecule has 0 atom stereocenters. The minimum absolute atomic E-state index is 0.394. The first-order valence-electron chi connectivity index (χ1n) is 6.35. The number of nitrogens with zero attached hydrogens (tertiary/aromatic N) is 1. The summed E-state index contributed by atoms with van der Waals surface area (Å²) in [4.78, 5) is 1.20. The number of hydrogen-bond acceptors (Lipinski definition) is 4. The first kappa shape index (κ1) is 14.2. The molecule has 0 aliphatic rings. The van der Waals surface area contributed by atoms with Crippen molar-refractivity contribution in [3.8, 4) is 22.5 Å². The van der Waals surface area contributed by atoms with Crippen molar-refractivity contribution in [2.24, 2.45) is 0 Å². The molecule has 3 nitrogen and oxygen atoms in total. The van der Waals surface area contributed by atoms with Crippen LogP contribution in [0.4, 0.5) is 5.82 Å². The van der Waals surface area contributed by atoms with E-state index in [0.717, 1.165) is 21.2 Å². The molecule has 1 heterocycles. The Labute approximate surface area is 135 Å². The molecule has 0 aliphatic carbocycles. The number of thioether (sulfide) groups is 1. The average molecular weight is 361 g/mol. The standard InChI is InChI=1S/C16H13BrN2OS/c1-21-11-8-6-10(7-9-11)15-14(16(18)19-20-15)12-4-2-3-5-13(12)17/h2-9H,1H3,(H2,18,19). The summed E-state index contributed by atoms with van der Waals surface area (Å²) >= 11 is 5.26. The van der Waals surface area contributed by atoms with Crippen molar-refractivity contribution in [2.45, 2.75) is 4.90 Å². The second-order valence-corrected chi connectivity index (χ2v) is 6.21. The van der Waals surface area contributed by atoms with Crippen molar-refractivity contribution < 1.29 is 4.52 Å². The van der Waals surface area contributed by atoms with Gasteiger partial charge in [0.25, 0.3) is 0 Å². The largest absolute Gasteiger partial charge is 0.380 e. The monoisotopic (exact) mass is 360 g/mol. The lowest BCUT2D eigenvalue weighted by molar-refractivity contribution is 0.436. The van der Waals surface area contributed by atoms with Crippen LogP contribution in [-0.4, -0.2) is 11.4 Å². The molecule has 0 saturated carbocycles. The van der Waals surface area contributed by atoms with Crippen LogP contribution in [0.5, 0.6) is 0 Å². The van der Waals surface area contributed by atoms with Crippen molar-refractivity contribution in [3.63, 3.8) is 0 Å². The zero-order valence-electron chi connectivity index (χ0n) is 11.3. The van der Waals surface area contributed by atoms with Gasteiger partial charge in [0.2, 0.25) is 0 Å². The Morgan fingerprint density at radius 1 is 1.10 bits per heavy atom. The van der Waals surface area contributed by atoms with E-state index in [0.29, 0.717) is 11.6 Å². The first-order chi connectivity index (χ1) is 10.2. The quantitative estimate of drug-likeness (QED) is 0.662. The number of halogens is 1. The summed E-state index contributed by atoms with van der Waals surface area (Å²) in [6.07, 6.45) is 2.05. The molecule has 21 heavy (non-hydrogen) atoms. The topological polar surface area (TPSA) is 52.0 Å². The molecule has 2 aromatic carbocycles. The summed E-state index contributed by atoms with van der Waals surface area (Å²) < 4.78 is 6.42. The molecular weight excluding hydrogens is 348 g/mol. The van der Waals surface area contributed by atoms with Gasteiger partial charge < -0.3 is 10.3 Å². The molecule has 0 saturated heterocycles.